The Hall–Kier alpha value is -0.190. The molecule has 0 aromatic heterocycles. The van der Waals surface area contributed by atoms with Gasteiger partial charge in [-0.2, -0.15) is 0 Å². The van der Waals surface area contributed by atoms with Crippen molar-refractivity contribution in [3.05, 3.63) is 0 Å². The summed E-state index contributed by atoms with van der Waals surface area (Å²) in [7, 11) is 4.42. The van der Waals surface area contributed by atoms with E-state index in [0.717, 1.165) is 25.6 Å². The summed E-state index contributed by atoms with van der Waals surface area (Å²) in [4.78, 5) is 5.51. The average molecular weight is 257 g/mol. The number of hydrogen-bond donors (Lipinski definition) is 1. The molecular formula is C13H27N3S. The standard InChI is InChI=1S/C13H27N3S/c1-13(2,12(14)17)7-9-15(3)10-11-6-5-8-16(11)4/h11H,5-10H2,1-4H3,(H2,14,17). The minimum absolute atomic E-state index is 0.0226. The van der Waals surface area contributed by atoms with Gasteiger partial charge in [0.05, 0.1) is 4.99 Å². The average Bonchev–Trinajstić information content (AvgIpc) is 2.61. The molecule has 1 unspecified atom stereocenters. The normalized spacial score (nSPS) is 22.3. The highest BCUT2D eigenvalue weighted by Gasteiger charge is 2.24. The first kappa shape index (κ1) is 14.9. The summed E-state index contributed by atoms with van der Waals surface area (Å²) in [6, 6.07) is 0.730. The first-order chi connectivity index (χ1) is 7.83. The molecule has 0 amide bonds. The van der Waals surface area contributed by atoms with Crippen molar-refractivity contribution in [1.82, 2.24) is 9.80 Å². The number of likely N-dealkylation sites (tertiary alicyclic amines) is 1. The van der Waals surface area contributed by atoms with Crippen LogP contribution in [0.4, 0.5) is 0 Å². The molecule has 1 fully saturated rings. The zero-order valence-corrected chi connectivity index (χ0v) is 12.5. The summed E-state index contributed by atoms with van der Waals surface area (Å²) < 4.78 is 0. The van der Waals surface area contributed by atoms with E-state index in [1.807, 2.05) is 0 Å². The van der Waals surface area contributed by atoms with Crippen molar-refractivity contribution in [2.24, 2.45) is 11.1 Å². The van der Waals surface area contributed by atoms with Crippen LogP contribution in [0.15, 0.2) is 0 Å². The second-order valence-corrected chi connectivity index (χ2v) is 6.48. The van der Waals surface area contributed by atoms with Crippen LogP contribution in [0.3, 0.4) is 0 Å². The summed E-state index contributed by atoms with van der Waals surface area (Å²) >= 11 is 5.10. The Morgan fingerprint density at radius 2 is 2.18 bits per heavy atom. The van der Waals surface area contributed by atoms with Crippen molar-refractivity contribution in [3.8, 4) is 0 Å². The molecule has 1 saturated heterocycles. The van der Waals surface area contributed by atoms with Crippen LogP contribution in [0, 0.1) is 5.41 Å². The molecule has 0 aromatic carbocycles. The highest BCUT2D eigenvalue weighted by atomic mass is 32.1. The van der Waals surface area contributed by atoms with Crippen molar-refractivity contribution < 1.29 is 0 Å². The lowest BCUT2D eigenvalue weighted by atomic mass is 9.89. The van der Waals surface area contributed by atoms with Crippen molar-refractivity contribution in [2.45, 2.75) is 39.2 Å². The molecule has 0 aliphatic carbocycles. The van der Waals surface area contributed by atoms with E-state index in [1.165, 1.54) is 19.4 Å². The van der Waals surface area contributed by atoms with Gasteiger partial charge in [0, 0.05) is 18.0 Å². The second kappa shape index (κ2) is 6.12. The van der Waals surface area contributed by atoms with E-state index >= 15 is 0 Å². The molecule has 1 heterocycles. The minimum Gasteiger partial charge on any atom is -0.393 e. The molecule has 4 heteroatoms. The fourth-order valence-corrected chi connectivity index (χ4v) is 2.36. The molecule has 0 bridgehead atoms. The second-order valence-electron chi connectivity index (χ2n) is 6.04. The van der Waals surface area contributed by atoms with Crippen LogP contribution in [-0.2, 0) is 0 Å². The van der Waals surface area contributed by atoms with Gasteiger partial charge in [0.1, 0.15) is 0 Å². The number of rotatable bonds is 6. The summed E-state index contributed by atoms with van der Waals surface area (Å²) in [6.45, 7) is 7.73. The van der Waals surface area contributed by atoms with Gasteiger partial charge in [-0.05, 0) is 46.4 Å². The van der Waals surface area contributed by atoms with E-state index in [-0.39, 0.29) is 5.41 Å². The van der Waals surface area contributed by atoms with Crippen LogP contribution in [-0.4, -0.2) is 54.6 Å². The Morgan fingerprint density at radius 3 is 2.65 bits per heavy atom. The van der Waals surface area contributed by atoms with E-state index in [0.29, 0.717) is 4.99 Å². The van der Waals surface area contributed by atoms with Crippen LogP contribution in [0.25, 0.3) is 0 Å². The molecule has 3 nitrogen and oxygen atoms in total. The molecule has 0 saturated carbocycles. The Labute approximate surface area is 111 Å². The Morgan fingerprint density at radius 1 is 1.53 bits per heavy atom. The third kappa shape index (κ3) is 4.53. The van der Waals surface area contributed by atoms with Crippen molar-refractivity contribution >= 4 is 17.2 Å². The fourth-order valence-electron chi connectivity index (χ4n) is 2.25. The molecule has 0 spiro atoms. The Bertz CT molecular complexity index is 265. The molecule has 2 N–H and O–H groups in total. The molecular weight excluding hydrogens is 230 g/mol. The minimum atomic E-state index is -0.0226. The molecule has 1 atom stereocenters. The van der Waals surface area contributed by atoms with Gasteiger partial charge in [0.25, 0.3) is 0 Å². The number of hydrogen-bond acceptors (Lipinski definition) is 3. The van der Waals surface area contributed by atoms with E-state index in [2.05, 4.69) is 37.7 Å². The molecule has 0 aromatic rings. The zero-order chi connectivity index (χ0) is 13.1. The van der Waals surface area contributed by atoms with Gasteiger partial charge >= 0.3 is 0 Å². The quantitative estimate of drug-likeness (QED) is 0.734. The lowest BCUT2D eigenvalue weighted by molar-refractivity contribution is 0.208. The Kier molecular flexibility index (Phi) is 5.35. The summed E-state index contributed by atoms with van der Waals surface area (Å²) in [5.74, 6) is 0. The van der Waals surface area contributed by atoms with Gasteiger partial charge in [-0.1, -0.05) is 26.1 Å². The summed E-state index contributed by atoms with van der Waals surface area (Å²) in [6.07, 6.45) is 3.71. The monoisotopic (exact) mass is 257 g/mol. The highest BCUT2D eigenvalue weighted by Crippen LogP contribution is 2.21. The molecule has 1 rings (SSSR count). The maximum Gasteiger partial charge on any atom is 0.0784 e. The van der Waals surface area contributed by atoms with Gasteiger partial charge < -0.3 is 15.5 Å². The maximum absolute atomic E-state index is 5.75. The van der Waals surface area contributed by atoms with E-state index in [9.17, 15) is 0 Å². The number of thiocarbonyl (C=S) groups is 1. The van der Waals surface area contributed by atoms with Gasteiger partial charge in [-0.25, -0.2) is 0 Å². The first-order valence-electron chi connectivity index (χ1n) is 6.51. The molecule has 100 valence electrons. The van der Waals surface area contributed by atoms with Crippen LogP contribution in [0.2, 0.25) is 0 Å². The SMILES string of the molecule is CN(CCC(C)(C)C(N)=S)CC1CCCN1C. The smallest absolute Gasteiger partial charge is 0.0784 e. The van der Waals surface area contributed by atoms with E-state index in [4.69, 9.17) is 18.0 Å². The molecule has 0 radical (unpaired) electrons. The van der Waals surface area contributed by atoms with Crippen molar-refractivity contribution in [1.29, 1.82) is 0 Å². The third-order valence-electron chi connectivity index (χ3n) is 3.98. The van der Waals surface area contributed by atoms with Crippen molar-refractivity contribution in [3.63, 3.8) is 0 Å². The molecule has 1 aliphatic rings. The predicted octanol–water partition coefficient (Wildman–Crippen LogP) is 1.71. The third-order valence-corrected chi connectivity index (χ3v) is 4.53. The summed E-state index contributed by atoms with van der Waals surface area (Å²) in [5, 5.41) is 0. The lowest BCUT2D eigenvalue weighted by Crippen LogP contribution is -2.39. The van der Waals surface area contributed by atoms with Crippen molar-refractivity contribution in [2.75, 3.05) is 33.7 Å². The van der Waals surface area contributed by atoms with Gasteiger partial charge in [-0.15, -0.1) is 0 Å². The van der Waals surface area contributed by atoms with Gasteiger partial charge in [0.2, 0.25) is 0 Å². The molecule has 17 heavy (non-hydrogen) atoms. The lowest BCUT2D eigenvalue weighted by Gasteiger charge is -2.29. The van der Waals surface area contributed by atoms with Gasteiger partial charge in [0.15, 0.2) is 0 Å². The van der Waals surface area contributed by atoms with E-state index < -0.39 is 0 Å². The van der Waals surface area contributed by atoms with Crippen LogP contribution < -0.4 is 5.73 Å². The Balaban J connectivity index is 2.30. The number of nitrogens with zero attached hydrogens (tertiary/aromatic N) is 2. The summed E-state index contributed by atoms with van der Waals surface area (Å²) in [5.41, 5.74) is 5.72. The fraction of sp³-hybridized carbons (Fsp3) is 0.923. The maximum atomic E-state index is 5.75. The number of likely N-dealkylation sites (N-methyl/N-ethyl adjacent to an activating group) is 2. The zero-order valence-electron chi connectivity index (χ0n) is 11.7. The highest BCUT2D eigenvalue weighted by molar-refractivity contribution is 7.80. The van der Waals surface area contributed by atoms with E-state index in [1.54, 1.807) is 0 Å². The predicted molar refractivity (Wildman–Crippen MR) is 78.3 cm³/mol. The van der Waals surface area contributed by atoms with Crippen LogP contribution >= 0.6 is 12.2 Å². The molecule has 1 aliphatic heterocycles. The number of nitrogens with two attached hydrogens (primary N) is 1. The van der Waals surface area contributed by atoms with Gasteiger partial charge in [-0.3, -0.25) is 0 Å². The first-order valence-corrected chi connectivity index (χ1v) is 6.92. The largest absolute Gasteiger partial charge is 0.393 e. The van der Waals surface area contributed by atoms with Crippen LogP contribution in [0.1, 0.15) is 33.1 Å². The topological polar surface area (TPSA) is 32.5 Å². The van der Waals surface area contributed by atoms with Crippen LogP contribution in [0.5, 0.6) is 0 Å².